The Morgan fingerprint density at radius 1 is 0.677 bits per heavy atom. The van der Waals surface area contributed by atoms with Crippen molar-refractivity contribution in [2.45, 2.75) is 5.66 Å². The lowest BCUT2D eigenvalue weighted by Gasteiger charge is -2.25. The van der Waals surface area contributed by atoms with Gasteiger partial charge >= 0.3 is 5.66 Å². The third kappa shape index (κ3) is 1.31. The van der Waals surface area contributed by atoms with Crippen molar-refractivity contribution in [2.24, 2.45) is 0 Å². The molecular formula is C27H14N2O2+2. The Hall–Kier alpha value is -4.18. The number of ether oxygens (including phenoxy) is 1. The highest BCUT2D eigenvalue weighted by molar-refractivity contribution is 6.24. The molecule has 1 atom stereocenters. The van der Waals surface area contributed by atoms with Gasteiger partial charge in [0.05, 0.1) is 22.6 Å². The van der Waals surface area contributed by atoms with Crippen molar-refractivity contribution >= 4 is 32.6 Å². The van der Waals surface area contributed by atoms with Crippen LogP contribution in [0.2, 0.25) is 0 Å². The molecule has 0 saturated heterocycles. The molecule has 0 bridgehead atoms. The Bertz CT molecular complexity index is 1830. The van der Waals surface area contributed by atoms with Gasteiger partial charge in [0.15, 0.2) is 23.5 Å². The van der Waals surface area contributed by atoms with Gasteiger partial charge in [0.1, 0.15) is 17.1 Å². The van der Waals surface area contributed by atoms with E-state index >= 15 is 0 Å². The van der Waals surface area contributed by atoms with Crippen LogP contribution in [0.25, 0.3) is 43.9 Å². The van der Waals surface area contributed by atoms with E-state index in [-0.39, 0.29) is 0 Å². The summed E-state index contributed by atoms with van der Waals surface area (Å²) in [7, 11) is 0. The van der Waals surface area contributed by atoms with E-state index in [4.69, 9.17) is 9.15 Å². The van der Waals surface area contributed by atoms with Crippen molar-refractivity contribution in [3.05, 3.63) is 96.5 Å². The van der Waals surface area contributed by atoms with E-state index in [1.54, 1.807) is 6.26 Å². The molecular weight excluding hydrogens is 384 g/mol. The third-order valence-electron chi connectivity index (χ3n) is 7.37. The zero-order valence-electron chi connectivity index (χ0n) is 16.3. The van der Waals surface area contributed by atoms with Crippen molar-refractivity contribution in [3.8, 4) is 22.8 Å². The number of hydrogen-bond acceptors (Lipinski definition) is 2. The normalized spacial score (nSPS) is 18.7. The fourth-order valence-electron chi connectivity index (χ4n) is 6.41. The zero-order chi connectivity index (χ0) is 19.9. The molecule has 1 unspecified atom stereocenters. The molecule has 0 aliphatic carbocycles. The minimum atomic E-state index is -0.504. The third-order valence-corrected chi connectivity index (χ3v) is 7.37. The molecule has 9 rings (SSSR count). The maximum Gasteiger partial charge on any atom is 0.425 e. The van der Waals surface area contributed by atoms with E-state index in [9.17, 15) is 0 Å². The van der Waals surface area contributed by atoms with Crippen molar-refractivity contribution in [1.29, 1.82) is 0 Å². The highest BCUT2D eigenvalue weighted by Gasteiger charge is 2.70. The SMILES string of the molecule is c1cc2c3c(c1)-c1cccc[n+]1C31c3c(ccc4c5ccoc5c5ccc[n+]1c5c34)O2. The Labute approximate surface area is 176 Å². The molecule has 4 nitrogen and oxygen atoms in total. The summed E-state index contributed by atoms with van der Waals surface area (Å²) >= 11 is 0. The van der Waals surface area contributed by atoms with Crippen LogP contribution in [0.5, 0.6) is 11.5 Å². The van der Waals surface area contributed by atoms with Gasteiger partial charge in [0, 0.05) is 29.0 Å². The first-order valence-electron chi connectivity index (χ1n) is 10.5. The molecule has 3 aromatic carbocycles. The van der Waals surface area contributed by atoms with Gasteiger partial charge in [-0.1, -0.05) is 6.07 Å². The first-order valence-corrected chi connectivity index (χ1v) is 10.5. The second-order valence-electron chi connectivity index (χ2n) is 8.57. The Morgan fingerprint density at radius 2 is 1.61 bits per heavy atom. The fourth-order valence-corrected chi connectivity index (χ4v) is 6.41. The molecule has 142 valence electrons. The minimum absolute atomic E-state index is 0.504. The topological polar surface area (TPSA) is 30.1 Å². The van der Waals surface area contributed by atoms with Gasteiger partial charge in [-0.25, -0.2) is 0 Å². The Kier molecular flexibility index (Phi) is 2.11. The van der Waals surface area contributed by atoms with Crippen molar-refractivity contribution in [3.63, 3.8) is 0 Å². The molecule has 4 heteroatoms. The number of nitrogens with zero attached hydrogens (tertiary/aromatic N) is 2. The first kappa shape index (κ1) is 14.7. The predicted molar refractivity (Wildman–Crippen MR) is 115 cm³/mol. The van der Waals surface area contributed by atoms with Crippen LogP contribution in [0, 0.1) is 0 Å². The summed E-state index contributed by atoms with van der Waals surface area (Å²) < 4.78 is 17.4. The number of fused-ring (bicyclic) bond motifs is 5. The summed E-state index contributed by atoms with van der Waals surface area (Å²) in [5.74, 6) is 1.85. The molecule has 0 radical (unpaired) electrons. The van der Waals surface area contributed by atoms with Crippen LogP contribution in [-0.4, -0.2) is 0 Å². The second-order valence-corrected chi connectivity index (χ2v) is 8.57. The number of furan rings is 1. The average Bonchev–Trinajstić information content (AvgIpc) is 3.50. The molecule has 6 heterocycles. The van der Waals surface area contributed by atoms with Gasteiger partial charge in [0.25, 0.3) is 0 Å². The lowest BCUT2D eigenvalue weighted by atomic mass is 9.86. The molecule has 0 N–H and O–H groups in total. The van der Waals surface area contributed by atoms with Crippen LogP contribution < -0.4 is 13.9 Å². The average molecular weight is 398 g/mol. The second kappa shape index (κ2) is 4.44. The van der Waals surface area contributed by atoms with Crippen LogP contribution in [-0.2, 0) is 5.66 Å². The number of pyridine rings is 2. The minimum Gasteiger partial charge on any atom is -0.463 e. The summed E-state index contributed by atoms with van der Waals surface area (Å²) in [5.41, 5.74) is 6.50. The Balaban J connectivity index is 1.67. The molecule has 0 amide bonds. The van der Waals surface area contributed by atoms with E-state index in [1.165, 1.54) is 38.7 Å². The molecule has 6 aromatic rings. The van der Waals surface area contributed by atoms with E-state index in [0.29, 0.717) is 0 Å². The zero-order valence-corrected chi connectivity index (χ0v) is 16.3. The van der Waals surface area contributed by atoms with Gasteiger partial charge in [-0.3, -0.25) is 0 Å². The molecule has 0 saturated carbocycles. The smallest absolute Gasteiger partial charge is 0.425 e. The maximum atomic E-state index is 6.56. The van der Waals surface area contributed by atoms with Crippen molar-refractivity contribution in [2.75, 3.05) is 0 Å². The largest absolute Gasteiger partial charge is 0.463 e. The van der Waals surface area contributed by atoms with Gasteiger partial charge in [0.2, 0.25) is 11.2 Å². The van der Waals surface area contributed by atoms with Crippen molar-refractivity contribution in [1.82, 2.24) is 0 Å². The lowest BCUT2D eigenvalue weighted by molar-refractivity contribution is -0.950. The highest BCUT2D eigenvalue weighted by atomic mass is 16.5. The molecule has 1 spiro atoms. The van der Waals surface area contributed by atoms with Gasteiger partial charge < -0.3 is 9.15 Å². The number of aromatic nitrogens is 2. The van der Waals surface area contributed by atoms with Gasteiger partial charge in [-0.05, 0) is 42.5 Å². The fraction of sp³-hybridized carbons (Fsp3) is 0.0370. The standard InChI is InChI=1S/C27H14N2O2/c1-2-12-28-19(7-1)17-5-3-8-20-23(17)27(28)24-21(31-20)10-9-15-16-11-14-30-26(16)18-6-4-13-29(27)25(18)22(15)24/h1-14H/q+2. The first-order chi connectivity index (χ1) is 15.4. The highest BCUT2D eigenvalue weighted by Crippen LogP contribution is 2.57. The van der Waals surface area contributed by atoms with Crippen LogP contribution >= 0.6 is 0 Å². The summed E-state index contributed by atoms with van der Waals surface area (Å²) in [6.07, 6.45) is 6.21. The summed E-state index contributed by atoms with van der Waals surface area (Å²) in [6.45, 7) is 0. The molecule has 3 aliphatic rings. The predicted octanol–water partition coefficient (Wildman–Crippen LogP) is 5.01. The van der Waals surface area contributed by atoms with E-state index in [0.717, 1.165) is 27.9 Å². The summed E-state index contributed by atoms with van der Waals surface area (Å²) in [4.78, 5) is 0. The lowest BCUT2D eigenvalue weighted by Crippen LogP contribution is -2.71. The van der Waals surface area contributed by atoms with E-state index in [2.05, 4.69) is 88.3 Å². The Morgan fingerprint density at radius 3 is 2.61 bits per heavy atom. The molecule has 3 aromatic heterocycles. The number of hydrogen-bond donors (Lipinski definition) is 0. The quantitative estimate of drug-likeness (QED) is 0.265. The van der Waals surface area contributed by atoms with Crippen LogP contribution in [0.4, 0.5) is 0 Å². The van der Waals surface area contributed by atoms with Crippen LogP contribution in [0.15, 0.2) is 89.8 Å². The molecule has 0 fully saturated rings. The van der Waals surface area contributed by atoms with Gasteiger partial charge in [-0.15, -0.1) is 9.13 Å². The monoisotopic (exact) mass is 398 g/mol. The summed E-state index contributed by atoms with van der Waals surface area (Å²) in [5, 5.41) is 4.75. The van der Waals surface area contributed by atoms with E-state index < -0.39 is 5.66 Å². The van der Waals surface area contributed by atoms with E-state index in [1.807, 2.05) is 0 Å². The van der Waals surface area contributed by atoms with Crippen LogP contribution in [0.1, 0.15) is 11.1 Å². The molecule has 31 heavy (non-hydrogen) atoms. The number of benzene rings is 3. The maximum absolute atomic E-state index is 6.56. The van der Waals surface area contributed by atoms with Crippen LogP contribution in [0.3, 0.4) is 0 Å². The van der Waals surface area contributed by atoms with Gasteiger partial charge in [-0.2, -0.15) is 0 Å². The molecule has 3 aliphatic heterocycles. The van der Waals surface area contributed by atoms with Crippen molar-refractivity contribution < 1.29 is 18.3 Å². The summed E-state index contributed by atoms with van der Waals surface area (Å²) in [6, 6.07) is 23.5. The number of rotatable bonds is 0.